The van der Waals surface area contributed by atoms with Gasteiger partial charge in [-0.05, 0) is 13.0 Å². The van der Waals surface area contributed by atoms with Crippen LogP contribution in [0.4, 0.5) is 5.82 Å². The van der Waals surface area contributed by atoms with Crippen molar-refractivity contribution in [3.63, 3.8) is 0 Å². The second-order valence-corrected chi connectivity index (χ2v) is 4.13. The van der Waals surface area contributed by atoms with Crippen LogP contribution in [0.5, 0.6) is 0 Å². The molecule has 2 aromatic heterocycles. The number of hydrogen-bond donors (Lipinski definition) is 0. The molecular weight excluding hydrogens is 238 g/mol. The van der Waals surface area contributed by atoms with Crippen LogP contribution in [0.1, 0.15) is 17.0 Å². The molecule has 0 radical (unpaired) electrons. The molecule has 0 aliphatic heterocycles. The molecule has 2 heterocycles. The fourth-order valence-electron chi connectivity index (χ4n) is 1.55. The number of rotatable bonds is 4. The van der Waals surface area contributed by atoms with Crippen LogP contribution in [0.2, 0.25) is 0 Å². The SMILES string of the molecule is Cc1occc1CN(C)c1cncc(CCl)n1. The number of halogens is 1. The third kappa shape index (κ3) is 2.77. The predicted molar refractivity (Wildman–Crippen MR) is 67.1 cm³/mol. The number of aromatic nitrogens is 2. The highest BCUT2D eigenvalue weighted by Gasteiger charge is 2.08. The van der Waals surface area contributed by atoms with Gasteiger partial charge in [0.1, 0.15) is 11.6 Å². The summed E-state index contributed by atoms with van der Waals surface area (Å²) in [7, 11) is 1.97. The zero-order valence-corrected chi connectivity index (χ0v) is 10.6. The van der Waals surface area contributed by atoms with Gasteiger partial charge in [0.25, 0.3) is 0 Å². The Morgan fingerprint density at radius 1 is 1.41 bits per heavy atom. The summed E-state index contributed by atoms with van der Waals surface area (Å²) in [6, 6.07) is 1.96. The molecule has 0 N–H and O–H groups in total. The second kappa shape index (κ2) is 5.19. The number of furan rings is 1. The minimum atomic E-state index is 0.374. The summed E-state index contributed by atoms with van der Waals surface area (Å²) in [5.41, 5.74) is 1.92. The molecule has 0 aliphatic rings. The number of aryl methyl sites for hydroxylation is 1. The maximum Gasteiger partial charge on any atom is 0.147 e. The minimum absolute atomic E-state index is 0.374. The normalized spacial score (nSPS) is 10.5. The number of alkyl halides is 1. The molecule has 2 rings (SSSR count). The molecule has 0 atom stereocenters. The predicted octanol–water partition coefficient (Wildman–Crippen LogP) is 2.75. The van der Waals surface area contributed by atoms with E-state index in [1.807, 2.05) is 24.9 Å². The van der Waals surface area contributed by atoms with Crippen LogP contribution in [-0.4, -0.2) is 17.0 Å². The molecule has 0 spiro atoms. The van der Waals surface area contributed by atoms with Gasteiger partial charge in [0.15, 0.2) is 0 Å². The first-order valence-corrected chi connectivity index (χ1v) is 5.85. The maximum absolute atomic E-state index is 5.74. The summed E-state index contributed by atoms with van der Waals surface area (Å²) in [6.45, 7) is 2.69. The molecule has 0 unspecified atom stereocenters. The highest BCUT2D eigenvalue weighted by molar-refractivity contribution is 6.16. The van der Waals surface area contributed by atoms with Gasteiger partial charge in [-0.25, -0.2) is 4.98 Å². The third-order valence-electron chi connectivity index (χ3n) is 2.57. The Morgan fingerprint density at radius 3 is 2.88 bits per heavy atom. The average molecular weight is 252 g/mol. The third-order valence-corrected chi connectivity index (χ3v) is 2.85. The van der Waals surface area contributed by atoms with Crippen molar-refractivity contribution in [1.82, 2.24) is 9.97 Å². The van der Waals surface area contributed by atoms with Crippen LogP contribution in [-0.2, 0) is 12.4 Å². The fraction of sp³-hybridized carbons (Fsp3) is 0.333. The summed E-state index contributed by atoms with van der Waals surface area (Å²) in [6.07, 6.45) is 5.10. The number of hydrogen-bond acceptors (Lipinski definition) is 4. The van der Waals surface area contributed by atoms with E-state index >= 15 is 0 Å². The van der Waals surface area contributed by atoms with Crippen LogP contribution < -0.4 is 4.90 Å². The summed E-state index contributed by atoms with van der Waals surface area (Å²) < 4.78 is 5.26. The minimum Gasteiger partial charge on any atom is -0.469 e. The average Bonchev–Trinajstić information content (AvgIpc) is 2.75. The van der Waals surface area contributed by atoms with E-state index in [2.05, 4.69) is 9.97 Å². The van der Waals surface area contributed by atoms with E-state index in [1.54, 1.807) is 18.7 Å². The molecular formula is C12H14ClN3O. The number of anilines is 1. The van der Waals surface area contributed by atoms with E-state index in [1.165, 1.54) is 0 Å². The Bertz CT molecular complexity index is 498. The molecule has 4 nitrogen and oxygen atoms in total. The lowest BCUT2D eigenvalue weighted by atomic mass is 10.2. The van der Waals surface area contributed by atoms with Crippen molar-refractivity contribution in [2.75, 3.05) is 11.9 Å². The van der Waals surface area contributed by atoms with Crippen molar-refractivity contribution in [2.24, 2.45) is 0 Å². The van der Waals surface area contributed by atoms with Gasteiger partial charge in [-0.2, -0.15) is 0 Å². The van der Waals surface area contributed by atoms with Crippen molar-refractivity contribution in [2.45, 2.75) is 19.3 Å². The number of nitrogens with zero attached hydrogens (tertiary/aromatic N) is 3. The zero-order valence-electron chi connectivity index (χ0n) is 9.85. The highest BCUT2D eigenvalue weighted by Crippen LogP contribution is 2.15. The van der Waals surface area contributed by atoms with Gasteiger partial charge >= 0.3 is 0 Å². The Labute approximate surface area is 105 Å². The fourth-order valence-corrected chi connectivity index (χ4v) is 1.68. The standard InChI is InChI=1S/C12H14ClN3O/c1-9-10(3-4-17-9)8-16(2)12-7-14-6-11(5-13)15-12/h3-4,6-7H,5,8H2,1-2H3. The molecule has 0 fully saturated rings. The Hall–Kier alpha value is -1.55. The lowest BCUT2D eigenvalue weighted by Crippen LogP contribution is -2.18. The zero-order chi connectivity index (χ0) is 12.3. The molecule has 0 aliphatic carbocycles. The molecule has 0 saturated carbocycles. The quantitative estimate of drug-likeness (QED) is 0.784. The summed E-state index contributed by atoms with van der Waals surface area (Å²) in [4.78, 5) is 10.5. The monoisotopic (exact) mass is 251 g/mol. The first kappa shape index (κ1) is 11.9. The first-order chi connectivity index (χ1) is 8.20. The topological polar surface area (TPSA) is 42.2 Å². The van der Waals surface area contributed by atoms with E-state index in [-0.39, 0.29) is 0 Å². The van der Waals surface area contributed by atoms with Crippen LogP contribution in [0.3, 0.4) is 0 Å². The van der Waals surface area contributed by atoms with Crippen LogP contribution in [0, 0.1) is 6.92 Å². The lowest BCUT2D eigenvalue weighted by Gasteiger charge is -2.17. The van der Waals surface area contributed by atoms with Gasteiger partial charge in [0.2, 0.25) is 0 Å². The van der Waals surface area contributed by atoms with Crippen molar-refractivity contribution in [3.8, 4) is 0 Å². The summed E-state index contributed by atoms with van der Waals surface area (Å²) in [5.74, 6) is 2.11. The molecule has 0 bridgehead atoms. The molecule has 17 heavy (non-hydrogen) atoms. The van der Waals surface area contributed by atoms with Gasteiger partial charge in [-0.3, -0.25) is 4.98 Å². The van der Waals surface area contributed by atoms with Gasteiger partial charge in [0, 0.05) is 25.4 Å². The van der Waals surface area contributed by atoms with Crippen molar-refractivity contribution in [1.29, 1.82) is 0 Å². The van der Waals surface area contributed by atoms with E-state index < -0.39 is 0 Å². The van der Waals surface area contributed by atoms with Crippen LogP contribution in [0.25, 0.3) is 0 Å². The van der Waals surface area contributed by atoms with Crippen molar-refractivity contribution < 1.29 is 4.42 Å². The summed E-state index contributed by atoms with van der Waals surface area (Å²) in [5, 5.41) is 0. The molecule has 5 heteroatoms. The van der Waals surface area contributed by atoms with Crippen molar-refractivity contribution in [3.05, 3.63) is 41.7 Å². The van der Waals surface area contributed by atoms with Gasteiger partial charge in [0.05, 0.1) is 24.0 Å². The molecule has 2 aromatic rings. The highest BCUT2D eigenvalue weighted by atomic mass is 35.5. The van der Waals surface area contributed by atoms with E-state index in [0.717, 1.165) is 29.4 Å². The Morgan fingerprint density at radius 2 is 2.24 bits per heavy atom. The van der Waals surface area contributed by atoms with Gasteiger partial charge < -0.3 is 9.32 Å². The van der Waals surface area contributed by atoms with Crippen molar-refractivity contribution >= 4 is 17.4 Å². The smallest absolute Gasteiger partial charge is 0.147 e. The lowest BCUT2D eigenvalue weighted by molar-refractivity contribution is 0.529. The van der Waals surface area contributed by atoms with E-state index in [4.69, 9.17) is 16.0 Å². The summed E-state index contributed by atoms with van der Waals surface area (Å²) >= 11 is 5.74. The molecule has 90 valence electrons. The Kier molecular flexibility index (Phi) is 3.64. The molecule has 0 aromatic carbocycles. The van der Waals surface area contributed by atoms with Gasteiger partial charge in [-0.15, -0.1) is 11.6 Å². The van der Waals surface area contributed by atoms with Gasteiger partial charge in [-0.1, -0.05) is 0 Å². The first-order valence-electron chi connectivity index (χ1n) is 5.31. The maximum atomic E-state index is 5.74. The second-order valence-electron chi connectivity index (χ2n) is 3.86. The largest absolute Gasteiger partial charge is 0.469 e. The molecule has 0 amide bonds. The van der Waals surface area contributed by atoms with E-state index in [9.17, 15) is 0 Å². The molecule has 0 saturated heterocycles. The van der Waals surface area contributed by atoms with Crippen LogP contribution >= 0.6 is 11.6 Å². The van der Waals surface area contributed by atoms with Crippen LogP contribution in [0.15, 0.2) is 29.1 Å². The van der Waals surface area contributed by atoms with E-state index in [0.29, 0.717) is 5.88 Å². The Balaban J connectivity index is 2.14.